The van der Waals surface area contributed by atoms with Gasteiger partial charge in [-0.05, 0) is 30.4 Å². The van der Waals surface area contributed by atoms with Crippen LogP contribution in [0.3, 0.4) is 0 Å². The number of pyridine rings is 1. The van der Waals surface area contributed by atoms with Crippen molar-refractivity contribution < 1.29 is 9.47 Å². The highest BCUT2D eigenvalue weighted by molar-refractivity contribution is 7.26. The summed E-state index contributed by atoms with van der Waals surface area (Å²) in [6.07, 6.45) is 5.18. The Kier molecular flexibility index (Phi) is 6.38. The number of fused-ring (bicyclic) bond motifs is 5. The largest absolute Gasteiger partial charge is 0.378 e. The number of nitrogens with zero attached hydrogens (tertiary/aromatic N) is 5. The molecule has 2 saturated heterocycles. The Bertz CT molecular complexity index is 1400. The third-order valence-corrected chi connectivity index (χ3v) is 8.82. The van der Waals surface area contributed by atoms with E-state index in [-0.39, 0.29) is 6.10 Å². The number of benzene rings is 1. The van der Waals surface area contributed by atoms with Gasteiger partial charge in [-0.15, -0.1) is 11.3 Å². The van der Waals surface area contributed by atoms with Crippen molar-refractivity contribution in [2.45, 2.75) is 38.5 Å². The second kappa shape index (κ2) is 10.1. The molecule has 0 aliphatic carbocycles. The molecule has 37 heavy (non-hydrogen) atoms. The lowest BCUT2D eigenvalue weighted by Crippen LogP contribution is -2.39. The SMILES string of the molecule is c1ccc(CN2CCc3c(c(N4CCOCC4)nc4sc5c(NCC6CCCO6)ncnc5c34)C2)cc1. The third kappa shape index (κ3) is 4.54. The van der Waals surface area contributed by atoms with Crippen molar-refractivity contribution in [1.29, 1.82) is 0 Å². The van der Waals surface area contributed by atoms with Crippen LogP contribution in [0.5, 0.6) is 0 Å². The molecule has 1 unspecified atom stereocenters. The van der Waals surface area contributed by atoms with Crippen molar-refractivity contribution in [1.82, 2.24) is 19.9 Å². The van der Waals surface area contributed by atoms with Crippen molar-refractivity contribution in [2.75, 3.05) is 56.2 Å². The molecule has 8 nitrogen and oxygen atoms in total. The molecular weight excluding hydrogens is 484 g/mol. The number of ether oxygens (including phenoxy) is 2. The van der Waals surface area contributed by atoms with Gasteiger partial charge in [-0.3, -0.25) is 4.90 Å². The molecule has 0 amide bonds. The van der Waals surface area contributed by atoms with Gasteiger partial charge in [0.1, 0.15) is 22.8 Å². The van der Waals surface area contributed by atoms with E-state index >= 15 is 0 Å². The highest BCUT2D eigenvalue weighted by Crippen LogP contribution is 2.42. The Morgan fingerprint density at radius 2 is 1.92 bits per heavy atom. The quantitative estimate of drug-likeness (QED) is 0.408. The first-order chi connectivity index (χ1) is 18.3. The summed E-state index contributed by atoms with van der Waals surface area (Å²) >= 11 is 1.71. The average Bonchev–Trinajstić information content (AvgIpc) is 3.60. The van der Waals surface area contributed by atoms with Gasteiger partial charge in [0, 0.05) is 56.8 Å². The monoisotopic (exact) mass is 516 g/mol. The molecule has 0 saturated carbocycles. The van der Waals surface area contributed by atoms with E-state index < -0.39 is 0 Å². The van der Waals surface area contributed by atoms with Crippen LogP contribution in [-0.4, -0.2) is 72.0 Å². The topological polar surface area (TPSA) is 75.6 Å². The van der Waals surface area contributed by atoms with Crippen LogP contribution in [0, 0.1) is 0 Å². The molecule has 6 heterocycles. The van der Waals surface area contributed by atoms with E-state index in [2.05, 4.69) is 50.4 Å². The molecule has 1 N–H and O–H groups in total. The molecule has 3 aliphatic heterocycles. The lowest BCUT2D eigenvalue weighted by molar-refractivity contribution is 0.120. The predicted molar refractivity (Wildman–Crippen MR) is 147 cm³/mol. The standard InChI is InChI=1S/C28H32N6O2S/c1-2-5-19(6-3-1)16-33-9-8-21-22(17-33)27(34-10-13-35-14-11-34)32-28-23(21)24-25(37-28)26(31-18-30-24)29-15-20-7-4-12-36-20/h1-3,5-6,18,20H,4,7-17H2,(H,29,30,31). The molecule has 2 fully saturated rings. The highest BCUT2D eigenvalue weighted by Gasteiger charge is 2.29. The van der Waals surface area contributed by atoms with E-state index in [1.54, 1.807) is 17.7 Å². The molecule has 3 aliphatic rings. The molecule has 192 valence electrons. The maximum atomic E-state index is 5.82. The molecule has 4 aromatic rings. The summed E-state index contributed by atoms with van der Waals surface area (Å²) in [6, 6.07) is 10.8. The van der Waals surface area contributed by atoms with Gasteiger partial charge in [0.05, 0.1) is 29.5 Å². The predicted octanol–water partition coefficient (Wildman–Crippen LogP) is 4.23. The Labute approximate surface area is 220 Å². The fourth-order valence-electron chi connectivity index (χ4n) is 5.87. The van der Waals surface area contributed by atoms with Gasteiger partial charge in [0.2, 0.25) is 0 Å². The summed E-state index contributed by atoms with van der Waals surface area (Å²) in [6.45, 7) is 7.75. The average molecular weight is 517 g/mol. The van der Waals surface area contributed by atoms with E-state index in [1.807, 2.05) is 0 Å². The van der Waals surface area contributed by atoms with Gasteiger partial charge in [0.15, 0.2) is 0 Å². The molecule has 1 atom stereocenters. The minimum Gasteiger partial charge on any atom is -0.378 e. The van der Waals surface area contributed by atoms with Crippen LogP contribution < -0.4 is 10.2 Å². The minimum absolute atomic E-state index is 0.258. The van der Waals surface area contributed by atoms with Gasteiger partial charge in [-0.25, -0.2) is 15.0 Å². The number of hydrogen-bond acceptors (Lipinski definition) is 9. The summed E-state index contributed by atoms with van der Waals surface area (Å²) in [4.78, 5) is 20.7. The zero-order chi connectivity index (χ0) is 24.6. The first kappa shape index (κ1) is 23.3. The van der Waals surface area contributed by atoms with E-state index in [0.717, 1.165) is 105 Å². The van der Waals surface area contributed by atoms with Crippen molar-refractivity contribution >= 4 is 43.4 Å². The molecule has 7 rings (SSSR count). The maximum absolute atomic E-state index is 5.82. The lowest BCUT2D eigenvalue weighted by Gasteiger charge is -2.35. The minimum atomic E-state index is 0.258. The van der Waals surface area contributed by atoms with Crippen LogP contribution in [-0.2, 0) is 29.0 Å². The van der Waals surface area contributed by atoms with E-state index in [0.29, 0.717) is 0 Å². The molecular formula is C28H32N6O2S. The summed E-state index contributed by atoms with van der Waals surface area (Å²) in [5.74, 6) is 2.02. The van der Waals surface area contributed by atoms with Crippen LogP contribution in [0.2, 0.25) is 0 Å². The smallest absolute Gasteiger partial charge is 0.147 e. The zero-order valence-electron chi connectivity index (χ0n) is 21.0. The van der Waals surface area contributed by atoms with Crippen molar-refractivity contribution in [3.63, 3.8) is 0 Å². The summed E-state index contributed by atoms with van der Waals surface area (Å²) in [5, 5.41) is 4.77. The van der Waals surface area contributed by atoms with Gasteiger partial charge < -0.3 is 19.7 Å². The number of morpholine rings is 1. The van der Waals surface area contributed by atoms with Gasteiger partial charge in [-0.1, -0.05) is 30.3 Å². The van der Waals surface area contributed by atoms with Gasteiger partial charge in [0.25, 0.3) is 0 Å². The summed E-state index contributed by atoms with van der Waals surface area (Å²) in [7, 11) is 0. The zero-order valence-corrected chi connectivity index (χ0v) is 21.8. The number of anilines is 2. The lowest BCUT2D eigenvalue weighted by atomic mass is 9.96. The first-order valence-corrected chi connectivity index (χ1v) is 14.2. The van der Waals surface area contributed by atoms with Crippen molar-refractivity contribution in [3.8, 4) is 0 Å². The Hall–Kier alpha value is -2.85. The van der Waals surface area contributed by atoms with E-state index in [1.165, 1.54) is 22.1 Å². The van der Waals surface area contributed by atoms with Crippen LogP contribution >= 0.6 is 11.3 Å². The molecule has 0 radical (unpaired) electrons. The van der Waals surface area contributed by atoms with Crippen LogP contribution in [0.4, 0.5) is 11.6 Å². The van der Waals surface area contributed by atoms with Crippen LogP contribution in [0.1, 0.15) is 29.5 Å². The normalized spacial score (nSPS) is 20.5. The number of nitrogens with one attached hydrogen (secondary N) is 1. The van der Waals surface area contributed by atoms with E-state index in [4.69, 9.17) is 19.4 Å². The van der Waals surface area contributed by atoms with E-state index in [9.17, 15) is 0 Å². The Morgan fingerprint density at radius 1 is 1.03 bits per heavy atom. The summed E-state index contributed by atoms with van der Waals surface area (Å²) < 4.78 is 12.6. The van der Waals surface area contributed by atoms with Gasteiger partial charge >= 0.3 is 0 Å². The van der Waals surface area contributed by atoms with Crippen molar-refractivity contribution in [3.05, 3.63) is 53.3 Å². The van der Waals surface area contributed by atoms with Crippen LogP contribution in [0.15, 0.2) is 36.7 Å². The molecule has 0 bridgehead atoms. The molecule has 9 heteroatoms. The fraction of sp³-hybridized carbons (Fsp3) is 0.464. The van der Waals surface area contributed by atoms with Crippen molar-refractivity contribution in [2.24, 2.45) is 0 Å². The third-order valence-electron chi connectivity index (χ3n) is 7.74. The Morgan fingerprint density at radius 3 is 2.76 bits per heavy atom. The van der Waals surface area contributed by atoms with Gasteiger partial charge in [-0.2, -0.15) is 0 Å². The summed E-state index contributed by atoms with van der Waals surface area (Å²) in [5.41, 5.74) is 5.14. The number of aromatic nitrogens is 3. The van der Waals surface area contributed by atoms with Crippen LogP contribution in [0.25, 0.3) is 20.4 Å². The maximum Gasteiger partial charge on any atom is 0.147 e. The number of hydrogen-bond donors (Lipinski definition) is 1. The number of thiophene rings is 1. The Balaban J connectivity index is 1.29. The highest BCUT2D eigenvalue weighted by atomic mass is 32.1. The molecule has 1 aromatic carbocycles. The first-order valence-electron chi connectivity index (χ1n) is 13.4. The second-order valence-electron chi connectivity index (χ2n) is 10.1. The fourth-order valence-corrected chi connectivity index (χ4v) is 6.99. The molecule has 3 aromatic heterocycles. The number of rotatable bonds is 6. The second-order valence-corrected chi connectivity index (χ2v) is 11.1. The molecule has 0 spiro atoms.